The fourth-order valence-corrected chi connectivity index (χ4v) is 1.72. The molecule has 0 amide bonds. The van der Waals surface area contributed by atoms with Crippen LogP contribution < -0.4 is 10.1 Å². The predicted molar refractivity (Wildman–Crippen MR) is 78.2 cm³/mol. The number of aromatic hydroxyl groups is 1. The predicted octanol–water partition coefficient (Wildman–Crippen LogP) is 4.31. The van der Waals surface area contributed by atoms with Crippen molar-refractivity contribution < 1.29 is 9.84 Å². The van der Waals surface area contributed by atoms with Gasteiger partial charge in [-0.1, -0.05) is 25.5 Å². The number of unbranched alkanes of at least 4 members (excludes halogenated alkanes) is 1. The van der Waals surface area contributed by atoms with E-state index in [4.69, 9.17) is 4.74 Å². The van der Waals surface area contributed by atoms with Gasteiger partial charge < -0.3 is 15.2 Å². The van der Waals surface area contributed by atoms with Crippen molar-refractivity contribution in [2.75, 3.05) is 11.9 Å². The number of hydrogen-bond acceptors (Lipinski definition) is 3. The van der Waals surface area contributed by atoms with Gasteiger partial charge in [0.15, 0.2) is 0 Å². The van der Waals surface area contributed by atoms with Crippen molar-refractivity contribution in [2.24, 2.45) is 0 Å². The zero-order chi connectivity index (χ0) is 13.5. The van der Waals surface area contributed by atoms with Crippen LogP contribution in [0.4, 0.5) is 11.4 Å². The topological polar surface area (TPSA) is 41.5 Å². The maximum atomic E-state index is 9.27. The highest BCUT2D eigenvalue weighted by Gasteiger charge is 2.03. The first kappa shape index (κ1) is 13.3. The van der Waals surface area contributed by atoms with Crippen LogP contribution in [0.5, 0.6) is 11.5 Å². The Morgan fingerprint density at radius 2 is 1.79 bits per heavy atom. The molecule has 2 N–H and O–H groups in total. The van der Waals surface area contributed by atoms with E-state index in [0.717, 1.165) is 36.6 Å². The molecule has 2 rings (SSSR count). The van der Waals surface area contributed by atoms with Gasteiger partial charge in [-0.3, -0.25) is 0 Å². The first-order valence-electron chi connectivity index (χ1n) is 6.57. The van der Waals surface area contributed by atoms with Gasteiger partial charge in [-0.2, -0.15) is 0 Å². The molecular formula is C16H19NO2. The van der Waals surface area contributed by atoms with Crippen molar-refractivity contribution in [3.63, 3.8) is 0 Å². The lowest BCUT2D eigenvalue weighted by molar-refractivity contribution is 0.311. The normalized spacial score (nSPS) is 10.2. The van der Waals surface area contributed by atoms with Crippen LogP contribution in [0.2, 0.25) is 0 Å². The molecule has 0 bridgehead atoms. The summed E-state index contributed by atoms with van der Waals surface area (Å²) in [5, 5.41) is 12.6. The van der Waals surface area contributed by atoms with Crippen molar-refractivity contribution in [1.82, 2.24) is 0 Å². The van der Waals surface area contributed by atoms with E-state index < -0.39 is 0 Å². The maximum Gasteiger partial charge on any atom is 0.142 e. The first-order chi connectivity index (χ1) is 9.29. The van der Waals surface area contributed by atoms with Crippen LogP contribution >= 0.6 is 0 Å². The molecule has 2 aromatic carbocycles. The van der Waals surface area contributed by atoms with E-state index in [2.05, 4.69) is 12.2 Å². The van der Waals surface area contributed by atoms with Gasteiger partial charge in [0, 0.05) is 5.69 Å². The van der Waals surface area contributed by atoms with Crippen LogP contribution in [0.3, 0.4) is 0 Å². The molecule has 3 nitrogen and oxygen atoms in total. The Morgan fingerprint density at radius 1 is 1.05 bits per heavy atom. The Morgan fingerprint density at radius 3 is 2.53 bits per heavy atom. The molecule has 3 heteroatoms. The number of phenols is 1. The number of nitrogens with one attached hydrogen (secondary N) is 1. The summed E-state index contributed by atoms with van der Waals surface area (Å²) in [4.78, 5) is 0. The summed E-state index contributed by atoms with van der Waals surface area (Å²) < 4.78 is 5.76. The number of para-hydroxylation sites is 2. The minimum Gasteiger partial charge on any atom is -0.508 e. The molecule has 0 aliphatic rings. The lowest BCUT2D eigenvalue weighted by Crippen LogP contribution is -2.00. The van der Waals surface area contributed by atoms with Crippen LogP contribution in [-0.2, 0) is 0 Å². The van der Waals surface area contributed by atoms with Gasteiger partial charge >= 0.3 is 0 Å². The Balaban J connectivity index is 2.08. The summed E-state index contributed by atoms with van der Waals surface area (Å²) in [6.07, 6.45) is 2.17. The molecule has 100 valence electrons. The molecule has 0 atom stereocenters. The summed E-state index contributed by atoms with van der Waals surface area (Å²) in [7, 11) is 0. The van der Waals surface area contributed by atoms with Crippen LogP contribution in [-0.4, -0.2) is 11.7 Å². The lowest BCUT2D eigenvalue weighted by Gasteiger charge is -2.13. The summed E-state index contributed by atoms with van der Waals surface area (Å²) in [6.45, 7) is 2.87. The fraction of sp³-hybridized carbons (Fsp3) is 0.250. The van der Waals surface area contributed by atoms with E-state index in [-0.39, 0.29) is 5.75 Å². The van der Waals surface area contributed by atoms with Crippen molar-refractivity contribution in [2.45, 2.75) is 19.8 Å². The van der Waals surface area contributed by atoms with Gasteiger partial charge in [0.2, 0.25) is 0 Å². The molecule has 19 heavy (non-hydrogen) atoms. The number of anilines is 2. The summed E-state index contributed by atoms with van der Waals surface area (Å²) >= 11 is 0. The number of ether oxygens (including phenoxy) is 1. The summed E-state index contributed by atoms with van der Waals surface area (Å²) in [6, 6.07) is 14.8. The quantitative estimate of drug-likeness (QED) is 0.598. The number of rotatable bonds is 6. The van der Waals surface area contributed by atoms with Gasteiger partial charge in [0.1, 0.15) is 11.5 Å². The second-order valence-corrected chi connectivity index (χ2v) is 4.37. The molecular weight excluding hydrogens is 238 g/mol. The van der Waals surface area contributed by atoms with Crippen LogP contribution in [0, 0.1) is 0 Å². The second kappa shape index (κ2) is 6.69. The van der Waals surface area contributed by atoms with E-state index in [1.54, 1.807) is 12.1 Å². The molecule has 0 radical (unpaired) electrons. The smallest absolute Gasteiger partial charge is 0.142 e. The highest BCUT2D eigenvalue weighted by atomic mass is 16.5. The molecule has 0 aliphatic heterocycles. The molecule has 0 unspecified atom stereocenters. The minimum atomic E-state index is 0.262. The number of phenolic OH excluding ortho intramolecular Hbond substituents is 1. The summed E-state index contributed by atoms with van der Waals surface area (Å²) in [5.74, 6) is 1.11. The van der Waals surface area contributed by atoms with Crippen LogP contribution in [0.25, 0.3) is 0 Å². The third-order valence-electron chi connectivity index (χ3n) is 2.79. The monoisotopic (exact) mass is 257 g/mol. The van der Waals surface area contributed by atoms with Gasteiger partial charge in [0.25, 0.3) is 0 Å². The zero-order valence-electron chi connectivity index (χ0n) is 11.1. The van der Waals surface area contributed by atoms with Crippen molar-refractivity contribution in [3.8, 4) is 11.5 Å². The molecule has 0 aliphatic carbocycles. The molecule has 0 fully saturated rings. The number of benzene rings is 2. The van der Waals surface area contributed by atoms with Gasteiger partial charge in [-0.15, -0.1) is 0 Å². The molecule has 0 saturated carbocycles. The SMILES string of the molecule is CCCCOc1ccccc1Nc1ccc(O)cc1. The Hall–Kier alpha value is -2.16. The molecule has 0 saturated heterocycles. The van der Waals surface area contributed by atoms with Gasteiger partial charge in [0.05, 0.1) is 12.3 Å². The van der Waals surface area contributed by atoms with Crippen molar-refractivity contribution >= 4 is 11.4 Å². The lowest BCUT2D eigenvalue weighted by atomic mass is 10.2. The van der Waals surface area contributed by atoms with Gasteiger partial charge in [-0.05, 0) is 42.8 Å². The molecule has 0 spiro atoms. The van der Waals surface area contributed by atoms with E-state index in [0.29, 0.717) is 0 Å². The average molecular weight is 257 g/mol. The average Bonchev–Trinajstić information content (AvgIpc) is 2.43. The fourth-order valence-electron chi connectivity index (χ4n) is 1.72. The molecule has 2 aromatic rings. The third kappa shape index (κ3) is 3.91. The van der Waals surface area contributed by atoms with E-state index in [1.807, 2.05) is 36.4 Å². The van der Waals surface area contributed by atoms with Crippen LogP contribution in [0.15, 0.2) is 48.5 Å². The molecule has 0 heterocycles. The maximum absolute atomic E-state index is 9.27. The first-order valence-corrected chi connectivity index (χ1v) is 6.57. The Bertz CT molecular complexity index is 508. The summed E-state index contributed by atoms with van der Waals surface area (Å²) in [5.41, 5.74) is 1.86. The second-order valence-electron chi connectivity index (χ2n) is 4.37. The highest BCUT2D eigenvalue weighted by molar-refractivity contribution is 5.66. The van der Waals surface area contributed by atoms with Gasteiger partial charge in [-0.25, -0.2) is 0 Å². The minimum absolute atomic E-state index is 0.262. The van der Waals surface area contributed by atoms with Crippen LogP contribution in [0.1, 0.15) is 19.8 Å². The van der Waals surface area contributed by atoms with Crippen molar-refractivity contribution in [1.29, 1.82) is 0 Å². The largest absolute Gasteiger partial charge is 0.508 e. The standard InChI is InChI=1S/C16H19NO2/c1-2-3-12-19-16-7-5-4-6-15(16)17-13-8-10-14(18)11-9-13/h4-11,17-18H,2-3,12H2,1H3. The molecule has 0 aromatic heterocycles. The van der Waals surface area contributed by atoms with E-state index in [1.165, 1.54) is 0 Å². The zero-order valence-corrected chi connectivity index (χ0v) is 11.1. The highest BCUT2D eigenvalue weighted by Crippen LogP contribution is 2.28. The third-order valence-corrected chi connectivity index (χ3v) is 2.79. The van der Waals surface area contributed by atoms with Crippen molar-refractivity contribution in [3.05, 3.63) is 48.5 Å². The van der Waals surface area contributed by atoms with E-state index in [9.17, 15) is 5.11 Å². The number of hydrogen-bond donors (Lipinski definition) is 2. The Labute approximate surface area is 113 Å². The van der Waals surface area contributed by atoms with E-state index >= 15 is 0 Å². The Kier molecular flexibility index (Phi) is 4.67.